The highest BCUT2D eigenvalue weighted by atomic mass is 32.2. The lowest BCUT2D eigenvalue weighted by molar-refractivity contribution is -0.108. The Labute approximate surface area is 60.8 Å². The van der Waals surface area contributed by atoms with Gasteiger partial charge >= 0.3 is 0 Å². The Bertz CT molecular complexity index is 193. The summed E-state index contributed by atoms with van der Waals surface area (Å²) in [5.41, 5.74) is 0. The summed E-state index contributed by atoms with van der Waals surface area (Å²) < 4.78 is 22.6. The Morgan fingerprint density at radius 2 is 2.10 bits per heavy atom. The van der Waals surface area contributed by atoms with Crippen LogP contribution in [-0.2, 0) is 14.9 Å². The number of sulfonamides is 1. The summed E-state index contributed by atoms with van der Waals surface area (Å²) in [6, 6.07) is 0. The van der Waals surface area contributed by atoms with E-state index in [4.69, 9.17) is 4.84 Å². The van der Waals surface area contributed by atoms with Crippen molar-refractivity contribution in [2.45, 2.75) is 12.8 Å². The van der Waals surface area contributed by atoms with Crippen molar-refractivity contribution in [2.24, 2.45) is 0 Å². The van der Waals surface area contributed by atoms with E-state index in [9.17, 15) is 8.42 Å². The summed E-state index contributed by atoms with van der Waals surface area (Å²) in [5, 5.41) is 0. The van der Waals surface area contributed by atoms with Gasteiger partial charge in [0.1, 0.15) is 0 Å². The molecule has 0 N–H and O–H groups in total. The summed E-state index contributed by atoms with van der Waals surface area (Å²) in [4.78, 5) is 4.89. The van der Waals surface area contributed by atoms with Crippen LogP contribution in [0.15, 0.2) is 0 Å². The molecule has 10 heavy (non-hydrogen) atoms. The molecule has 0 unspecified atom stereocenters. The van der Waals surface area contributed by atoms with Gasteiger partial charge < -0.3 is 0 Å². The largest absolute Gasteiger partial charge is 0.284 e. The summed E-state index contributed by atoms with van der Waals surface area (Å²) >= 11 is 0. The van der Waals surface area contributed by atoms with Gasteiger partial charge in [-0.2, -0.15) is 0 Å². The molecule has 60 valence electrons. The SMILES string of the molecule is CS(=O)(=O)N1CCCCO1. The lowest BCUT2D eigenvalue weighted by Crippen LogP contribution is -2.34. The minimum atomic E-state index is -3.11. The van der Waals surface area contributed by atoms with Crippen molar-refractivity contribution < 1.29 is 13.3 Å². The zero-order valence-electron chi connectivity index (χ0n) is 5.91. The van der Waals surface area contributed by atoms with Gasteiger partial charge in [0.05, 0.1) is 12.9 Å². The molecule has 0 atom stereocenters. The average molecular weight is 165 g/mol. The fourth-order valence-electron chi connectivity index (χ4n) is 0.835. The molecule has 0 amide bonds. The Morgan fingerprint density at radius 1 is 1.40 bits per heavy atom. The summed E-state index contributed by atoms with van der Waals surface area (Å²) in [6.07, 6.45) is 3.00. The van der Waals surface area contributed by atoms with Gasteiger partial charge in [0.15, 0.2) is 0 Å². The number of hydrogen-bond acceptors (Lipinski definition) is 3. The van der Waals surface area contributed by atoms with E-state index < -0.39 is 10.0 Å². The second kappa shape index (κ2) is 2.86. The number of hydroxylamine groups is 1. The molecule has 4 nitrogen and oxygen atoms in total. The lowest BCUT2D eigenvalue weighted by Gasteiger charge is -2.23. The predicted octanol–water partition coefficient (Wildman–Crippen LogP) is -0.0266. The van der Waals surface area contributed by atoms with Crippen LogP contribution in [0.25, 0.3) is 0 Å². The molecule has 0 radical (unpaired) electrons. The summed E-state index contributed by atoms with van der Waals surface area (Å²) in [6.45, 7) is 1.02. The molecular formula is C5H11NO3S. The van der Waals surface area contributed by atoms with Crippen molar-refractivity contribution in [3.8, 4) is 0 Å². The Balaban J connectivity index is 2.56. The summed E-state index contributed by atoms with van der Waals surface area (Å²) in [7, 11) is -3.11. The molecule has 0 aromatic carbocycles. The van der Waals surface area contributed by atoms with Crippen molar-refractivity contribution in [3.63, 3.8) is 0 Å². The van der Waals surface area contributed by atoms with E-state index in [0.717, 1.165) is 23.6 Å². The molecule has 0 saturated carbocycles. The van der Waals surface area contributed by atoms with Crippen molar-refractivity contribution in [1.82, 2.24) is 4.47 Å². The van der Waals surface area contributed by atoms with Crippen LogP contribution >= 0.6 is 0 Å². The molecule has 0 aliphatic carbocycles. The maximum atomic E-state index is 10.8. The van der Waals surface area contributed by atoms with Crippen LogP contribution in [0.2, 0.25) is 0 Å². The first-order chi connectivity index (χ1) is 4.61. The Kier molecular flexibility index (Phi) is 2.28. The number of nitrogens with zero attached hydrogens (tertiary/aromatic N) is 1. The first-order valence-electron chi connectivity index (χ1n) is 3.21. The van der Waals surface area contributed by atoms with E-state index in [-0.39, 0.29) is 0 Å². The smallest absolute Gasteiger partial charge is 0.233 e. The van der Waals surface area contributed by atoms with Gasteiger partial charge in [-0.15, -0.1) is 0 Å². The second-order valence-corrected chi connectivity index (χ2v) is 4.20. The van der Waals surface area contributed by atoms with Crippen molar-refractivity contribution >= 4 is 10.0 Å². The van der Waals surface area contributed by atoms with Crippen LogP contribution in [0.4, 0.5) is 0 Å². The Morgan fingerprint density at radius 3 is 2.40 bits per heavy atom. The van der Waals surface area contributed by atoms with Gasteiger partial charge in [0, 0.05) is 6.54 Å². The lowest BCUT2D eigenvalue weighted by atomic mass is 10.3. The zero-order chi connectivity index (χ0) is 7.61. The second-order valence-electron chi connectivity index (χ2n) is 2.33. The molecule has 0 spiro atoms. The molecule has 1 heterocycles. The fourth-order valence-corrected chi connectivity index (χ4v) is 1.56. The van der Waals surface area contributed by atoms with Gasteiger partial charge in [-0.05, 0) is 12.8 Å². The van der Waals surface area contributed by atoms with Gasteiger partial charge in [0.25, 0.3) is 0 Å². The van der Waals surface area contributed by atoms with Crippen LogP contribution in [0, 0.1) is 0 Å². The first kappa shape index (κ1) is 7.97. The molecule has 1 rings (SSSR count). The van der Waals surface area contributed by atoms with Crippen LogP contribution in [0.1, 0.15) is 12.8 Å². The quantitative estimate of drug-likeness (QED) is 0.548. The van der Waals surface area contributed by atoms with Gasteiger partial charge in [-0.3, -0.25) is 4.84 Å². The highest BCUT2D eigenvalue weighted by Gasteiger charge is 2.19. The van der Waals surface area contributed by atoms with Crippen molar-refractivity contribution in [3.05, 3.63) is 0 Å². The van der Waals surface area contributed by atoms with Crippen LogP contribution in [0.3, 0.4) is 0 Å². The minimum Gasteiger partial charge on any atom is -0.284 e. The van der Waals surface area contributed by atoms with E-state index in [2.05, 4.69) is 0 Å². The highest BCUT2D eigenvalue weighted by Crippen LogP contribution is 2.08. The number of rotatable bonds is 1. The van der Waals surface area contributed by atoms with E-state index >= 15 is 0 Å². The van der Waals surface area contributed by atoms with Crippen molar-refractivity contribution in [2.75, 3.05) is 19.4 Å². The highest BCUT2D eigenvalue weighted by molar-refractivity contribution is 7.88. The molecule has 5 heteroatoms. The standard InChI is InChI=1S/C5H11NO3S/c1-10(7,8)6-4-2-3-5-9-6/h2-5H2,1H3. The molecular weight excluding hydrogens is 154 g/mol. The maximum Gasteiger partial charge on any atom is 0.233 e. The third-order valence-corrected chi connectivity index (χ3v) is 2.37. The maximum absolute atomic E-state index is 10.8. The molecule has 1 aliphatic rings. The topological polar surface area (TPSA) is 46.6 Å². The monoisotopic (exact) mass is 165 g/mol. The van der Waals surface area contributed by atoms with Crippen LogP contribution < -0.4 is 0 Å². The van der Waals surface area contributed by atoms with E-state index in [1.807, 2.05) is 0 Å². The van der Waals surface area contributed by atoms with E-state index in [1.165, 1.54) is 0 Å². The van der Waals surface area contributed by atoms with Gasteiger partial charge in [-0.25, -0.2) is 8.42 Å². The van der Waals surface area contributed by atoms with Gasteiger partial charge in [0.2, 0.25) is 10.0 Å². The average Bonchev–Trinajstić information content (AvgIpc) is 1.88. The predicted molar refractivity (Wildman–Crippen MR) is 36.7 cm³/mol. The van der Waals surface area contributed by atoms with Crippen molar-refractivity contribution in [1.29, 1.82) is 0 Å². The molecule has 0 aromatic heterocycles. The zero-order valence-corrected chi connectivity index (χ0v) is 6.73. The molecule has 0 bridgehead atoms. The first-order valence-corrected chi connectivity index (χ1v) is 5.06. The van der Waals surface area contributed by atoms with Crippen LogP contribution in [0.5, 0.6) is 0 Å². The number of hydrogen-bond donors (Lipinski definition) is 0. The van der Waals surface area contributed by atoms with Gasteiger partial charge in [-0.1, -0.05) is 4.47 Å². The third-order valence-electron chi connectivity index (χ3n) is 1.34. The molecule has 1 aliphatic heterocycles. The normalized spacial score (nSPS) is 22.9. The van der Waals surface area contributed by atoms with E-state index in [1.54, 1.807) is 0 Å². The molecule has 0 aromatic rings. The third kappa shape index (κ3) is 1.93. The minimum absolute atomic E-state index is 0.499. The molecule has 1 fully saturated rings. The Hall–Kier alpha value is -0.130. The molecule has 1 saturated heterocycles. The fraction of sp³-hybridized carbons (Fsp3) is 1.00. The van der Waals surface area contributed by atoms with Crippen LogP contribution in [-0.4, -0.2) is 32.3 Å². The summed E-state index contributed by atoms with van der Waals surface area (Å²) in [5.74, 6) is 0. The van der Waals surface area contributed by atoms with E-state index in [0.29, 0.717) is 13.2 Å².